The van der Waals surface area contributed by atoms with Crippen molar-refractivity contribution in [1.29, 1.82) is 0 Å². The molecule has 0 bridgehead atoms. The van der Waals surface area contributed by atoms with Gasteiger partial charge in [-0.25, -0.2) is 4.98 Å². The van der Waals surface area contributed by atoms with Gasteiger partial charge in [-0.3, -0.25) is 4.99 Å². The Morgan fingerprint density at radius 2 is 2.16 bits per heavy atom. The average molecular weight is 337 g/mol. The van der Waals surface area contributed by atoms with E-state index >= 15 is 0 Å². The molecule has 1 aromatic heterocycles. The summed E-state index contributed by atoms with van der Waals surface area (Å²) in [6, 6.07) is 0. The van der Waals surface area contributed by atoms with Crippen molar-refractivity contribution >= 4 is 5.71 Å². The molecule has 0 N–H and O–H groups in total. The van der Waals surface area contributed by atoms with Gasteiger partial charge in [0.1, 0.15) is 11.5 Å². The summed E-state index contributed by atoms with van der Waals surface area (Å²) < 4.78 is 6.10. The molecule has 2 aliphatic carbocycles. The Morgan fingerprint density at radius 3 is 2.80 bits per heavy atom. The summed E-state index contributed by atoms with van der Waals surface area (Å²) in [5.74, 6) is 1.60. The molecule has 1 aromatic rings. The van der Waals surface area contributed by atoms with Gasteiger partial charge in [-0.2, -0.15) is 0 Å². The minimum atomic E-state index is -0.301. The molecule has 2 aliphatic rings. The first-order valence-corrected chi connectivity index (χ1v) is 8.50. The molecule has 5 nitrogen and oxygen atoms in total. The van der Waals surface area contributed by atoms with Crippen LogP contribution in [0.2, 0.25) is 0 Å². The number of hydrogen-bond acceptors (Lipinski definition) is 5. The van der Waals surface area contributed by atoms with Gasteiger partial charge in [0, 0.05) is 23.2 Å². The molecular formula is C20H23N3O2. The second-order valence-electron chi connectivity index (χ2n) is 7.10. The van der Waals surface area contributed by atoms with E-state index in [4.69, 9.17) is 4.42 Å². The predicted molar refractivity (Wildman–Crippen MR) is 99.5 cm³/mol. The molecule has 0 radical (unpaired) electrons. The molecule has 3 rings (SSSR count). The monoisotopic (exact) mass is 337 g/mol. The SMILES string of the molecule is CC(C)=NC1=C(C)C=CC(c2ncc(C3(C)C=CC(N=O)=CC3)o2)C1. The topological polar surface area (TPSA) is 67.8 Å². The van der Waals surface area contributed by atoms with Crippen LogP contribution in [0.15, 0.2) is 68.1 Å². The number of nitroso groups, excluding NO2 is 1. The van der Waals surface area contributed by atoms with E-state index in [0.29, 0.717) is 18.0 Å². The Balaban J connectivity index is 1.80. The number of hydrogen-bond donors (Lipinski definition) is 0. The maximum absolute atomic E-state index is 10.6. The van der Waals surface area contributed by atoms with Gasteiger partial charge in [-0.1, -0.05) is 24.3 Å². The van der Waals surface area contributed by atoms with Crippen molar-refractivity contribution in [2.75, 3.05) is 0 Å². The Kier molecular flexibility index (Phi) is 4.66. The lowest BCUT2D eigenvalue weighted by molar-refractivity contribution is 0.378. The van der Waals surface area contributed by atoms with Gasteiger partial charge in [0.05, 0.1) is 12.1 Å². The molecule has 25 heavy (non-hydrogen) atoms. The van der Waals surface area contributed by atoms with Gasteiger partial charge in [-0.15, -0.1) is 4.91 Å². The largest absolute Gasteiger partial charge is 0.444 e. The quantitative estimate of drug-likeness (QED) is 0.550. The fourth-order valence-electron chi connectivity index (χ4n) is 3.06. The van der Waals surface area contributed by atoms with Gasteiger partial charge in [-0.05, 0) is 50.9 Å². The van der Waals surface area contributed by atoms with E-state index in [1.807, 2.05) is 26.0 Å². The molecule has 5 heteroatoms. The summed E-state index contributed by atoms with van der Waals surface area (Å²) >= 11 is 0. The van der Waals surface area contributed by atoms with Gasteiger partial charge < -0.3 is 4.42 Å². The lowest BCUT2D eigenvalue weighted by Gasteiger charge is -2.24. The number of aliphatic imine (C=N–C) groups is 1. The molecule has 130 valence electrons. The van der Waals surface area contributed by atoms with Crippen molar-refractivity contribution in [3.8, 4) is 0 Å². The van der Waals surface area contributed by atoms with Crippen LogP contribution in [0.1, 0.15) is 58.1 Å². The fraction of sp³-hybridized carbons (Fsp3) is 0.400. The molecule has 1 heterocycles. The van der Waals surface area contributed by atoms with E-state index in [-0.39, 0.29) is 11.3 Å². The van der Waals surface area contributed by atoms with E-state index in [0.717, 1.165) is 23.6 Å². The Labute approximate surface area is 147 Å². The maximum Gasteiger partial charge on any atom is 0.201 e. The lowest BCUT2D eigenvalue weighted by Crippen LogP contribution is -2.19. The Morgan fingerprint density at radius 1 is 1.36 bits per heavy atom. The van der Waals surface area contributed by atoms with E-state index < -0.39 is 0 Å². The molecule has 0 fully saturated rings. The highest BCUT2D eigenvalue weighted by Gasteiger charge is 2.31. The smallest absolute Gasteiger partial charge is 0.201 e. The maximum atomic E-state index is 10.6. The van der Waals surface area contributed by atoms with Crippen LogP contribution in [0.4, 0.5) is 0 Å². The molecule has 0 spiro atoms. The molecule has 2 unspecified atom stereocenters. The predicted octanol–water partition coefficient (Wildman–Crippen LogP) is 5.34. The summed E-state index contributed by atoms with van der Waals surface area (Å²) in [5.41, 5.74) is 3.48. The number of rotatable bonds is 4. The third-order valence-corrected chi connectivity index (χ3v) is 4.67. The third-order valence-electron chi connectivity index (χ3n) is 4.67. The highest BCUT2D eigenvalue weighted by Crippen LogP contribution is 2.37. The van der Waals surface area contributed by atoms with Crippen molar-refractivity contribution in [3.63, 3.8) is 0 Å². The number of aromatic nitrogens is 1. The number of allylic oxidation sites excluding steroid dienone is 7. The van der Waals surface area contributed by atoms with E-state index in [1.54, 1.807) is 12.3 Å². The first-order valence-electron chi connectivity index (χ1n) is 8.50. The Hall–Kier alpha value is -2.56. The van der Waals surface area contributed by atoms with E-state index in [9.17, 15) is 4.91 Å². The van der Waals surface area contributed by atoms with E-state index in [2.05, 4.69) is 41.2 Å². The summed E-state index contributed by atoms with van der Waals surface area (Å²) in [4.78, 5) is 19.8. The minimum Gasteiger partial charge on any atom is -0.444 e. The Bertz CT molecular complexity index is 835. The second-order valence-corrected chi connectivity index (χ2v) is 7.10. The average Bonchev–Trinajstić information content (AvgIpc) is 3.08. The van der Waals surface area contributed by atoms with E-state index in [1.165, 1.54) is 5.57 Å². The molecule has 2 atom stereocenters. The first-order chi connectivity index (χ1) is 11.9. The van der Waals surface area contributed by atoms with Crippen LogP contribution in [-0.2, 0) is 5.41 Å². The zero-order valence-electron chi connectivity index (χ0n) is 15.1. The van der Waals surface area contributed by atoms with Crippen LogP contribution in [0.5, 0.6) is 0 Å². The second kappa shape index (κ2) is 6.75. The van der Waals surface area contributed by atoms with Crippen molar-refractivity contribution in [2.24, 2.45) is 10.2 Å². The molecule has 0 aromatic carbocycles. The van der Waals surface area contributed by atoms with Crippen LogP contribution in [0.3, 0.4) is 0 Å². The number of nitrogens with zero attached hydrogens (tertiary/aromatic N) is 3. The number of oxazole rings is 1. The van der Waals surface area contributed by atoms with Crippen LogP contribution in [-0.4, -0.2) is 10.7 Å². The lowest BCUT2D eigenvalue weighted by atomic mass is 9.81. The summed E-state index contributed by atoms with van der Waals surface area (Å²) in [6.45, 7) is 8.16. The summed E-state index contributed by atoms with van der Waals surface area (Å²) in [5, 5.41) is 2.98. The van der Waals surface area contributed by atoms with Crippen molar-refractivity contribution in [2.45, 2.75) is 51.9 Å². The van der Waals surface area contributed by atoms with Crippen molar-refractivity contribution in [1.82, 2.24) is 4.98 Å². The minimum absolute atomic E-state index is 0.0921. The molecule has 0 amide bonds. The van der Waals surface area contributed by atoms with Crippen LogP contribution < -0.4 is 0 Å². The summed E-state index contributed by atoms with van der Waals surface area (Å²) in [6.07, 6.45) is 13.0. The van der Waals surface area contributed by atoms with Gasteiger partial charge in [0.15, 0.2) is 0 Å². The van der Waals surface area contributed by atoms with Crippen LogP contribution in [0.25, 0.3) is 0 Å². The summed E-state index contributed by atoms with van der Waals surface area (Å²) in [7, 11) is 0. The third kappa shape index (κ3) is 3.60. The van der Waals surface area contributed by atoms with Crippen LogP contribution >= 0.6 is 0 Å². The van der Waals surface area contributed by atoms with Crippen molar-refractivity contribution < 1.29 is 4.42 Å². The molecular weight excluding hydrogens is 314 g/mol. The molecule has 0 saturated carbocycles. The molecule has 0 aliphatic heterocycles. The highest BCUT2D eigenvalue weighted by molar-refractivity contribution is 5.80. The standard InChI is InChI=1S/C20H23N3O2/c1-13(2)22-17-11-15(6-5-14(17)3)19-21-12-18(25-19)20(4)9-7-16(23-24)8-10-20/h5-9,12,15H,10-11H2,1-4H3. The highest BCUT2D eigenvalue weighted by atomic mass is 16.4. The van der Waals surface area contributed by atoms with Crippen LogP contribution in [0, 0.1) is 4.91 Å². The van der Waals surface area contributed by atoms with Crippen molar-refractivity contribution in [3.05, 3.63) is 70.1 Å². The van der Waals surface area contributed by atoms with Gasteiger partial charge >= 0.3 is 0 Å². The zero-order valence-corrected chi connectivity index (χ0v) is 15.1. The zero-order chi connectivity index (χ0) is 18.0. The normalized spacial score (nSPS) is 25.8. The van der Waals surface area contributed by atoms with Gasteiger partial charge in [0.25, 0.3) is 0 Å². The fourth-order valence-corrected chi connectivity index (χ4v) is 3.06. The van der Waals surface area contributed by atoms with Gasteiger partial charge in [0.2, 0.25) is 5.89 Å². The molecule has 0 saturated heterocycles. The first kappa shape index (κ1) is 17.3.